The van der Waals surface area contributed by atoms with Crippen LogP contribution in [0.4, 0.5) is 0 Å². The number of carboxylic acid groups (broad SMARTS) is 1. The number of rotatable bonds is 9. The lowest BCUT2D eigenvalue weighted by atomic mass is 10.1. The highest BCUT2D eigenvalue weighted by Gasteiger charge is 2.24. The maximum Gasteiger partial charge on any atom is 0.322 e. The van der Waals surface area contributed by atoms with Crippen molar-refractivity contribution in [2.45, 2.75) is 17.4 Å². The molecule has 0 bridgehead atoms. The Labute approximate surface area is 200 Å². The molecule has 2 N–H and O–H groups in total. The van der Waals surface area contributed by atoms with Crippen LogP contribution in [-0.2, 0) is 14.8 Å². The standard InChI is InChI=1S/C26H26N2O5S/c1-28(2)19-7-6-10-25(26(29)30)27-34(31,32)24-17-13-21(14-18-24)20-11-15-23(16-12-20)33-22-8-4-3-5-9-22/h3-5,8-9,11-18,25,27H,10,19H2,1-2H3,(H,29,30). The molecular formula is C26H26N2O5S. The van der Waals surface area contributed by atoms with Crippen LogP contribution in [-0.4, -0.2) is 51.1 Å². The van der Waals surface area contributed by atoms with Crippen molar-refractivity contribution in [3.8, 4) is 34.5 Å². The van der Waals surface area contributed by atoms with Crippen LogP contribution < -0.4 is 9.46 Å². The fraction of sp³-hybridized carbons (Fsp3) is 0.192. The number of nitrogens with one attached hydrogen (secondary N) is 1. The molecule has 1 atom stereocenters. The average molecular weight is 479 g/mol. The van der Waals surface area contributed by atoms with Gasteiger partial charge in [-0.2, -0.15) is 4.72 Å². The molecule has 8 heteroatoms. The monoisotopic (exact) mass is 478 g/mol. The largest absolute Gasteiger partial charge is 0.480 e. The van der Waals surface area contributed by atoms with E-state index in [2.05, 4.69) is 16.6 Å². The Balaban J connectivity index is 1.68. The second kappa shape index (κ2) is 11.5. The first-order chi connectivity index (χ1) is 16.2. The molecule has 0 spiro atoms. The third-order valence-electron chi connectivity index (χ3n) is 4.75. The van der Waals surface area contributed by atoms with Gasteiger partial charge in [-0.1, -0.05) is 54.3 Å². The molecule has 0 aromatic heterocycles. The molecule has 3 aromatic rings. The van der Waals surface area contributed by atoms with Crippen LogP contribution in [0.15, 0.2) is 83.8 Å². The van der Waals surface area contributed by atoms with Gasteiger partial charge in [0.15, 0.2) is 0 Å². The molecule has 1 unspecified atom stereocenters. The number of carboxylic acids is 1. The second-order valence-electron chi connectivity index (χ2n) is 7.77. The van der Waals surface area contributed by atoms with Crippen molar-refractivity contribution in [3.63, 3.8) is 0 Å². The zero-order valence-corrected chi connectivity index (χ0v) is 19.7. The van der Waals surface area contributed by atoms with E-state index in [-0.39, 0.29) is 11.3 Å². The molecule has 0 aliphatic carbocycles. The Kier molecular flexibility index (Phi) is 8.44. The minimum Gasteiger partial charge on any atom is -0.480 e. The zero-order chi connectivity index (χ0) is 24.6. The van der Waals surface area contributed by atoms with Crippen molar-refractivity contribution in [2.24, 2.45) is 0 Å². The summed E-state index contributed by atoms with van der Waals surface area (Å²) in [6.45, 7) is 0.458. The van der Waals surface area contributed by atoms with E-state index in [9.17, 15) is 18.3 Å². The summed E-state index contributed by atoms with van der Waals surface area (Å²) in [5.41, 5.74) is 1.70. The lowest BCUT2D eigenvalue weighted by molar-refractivity contribution is -0.138. The van der Waals surface area contributed by atoms with Gasteiger partial charge in [0.1, 0.15) is 17.5 Å². The topological polar surface area (TPSA) is 95.9 Å². The normalized spacial score (nSPS) is 12.0. The molecule has 0 amide bonds. The first-order valence-corrected chi connectivity index (χ1v) is 12.0. The lowest BCUT2D eigenvalue weighted by Gasteiger charge is -2.13. The molecular weight excluding hydrogens is 452 g/mol. The Morgan fingerprint density at radius 3 is 2.03 bits per heavy atom. The van der Waals surface area contributed by atoms with Crippen molar-refractivity contribution >= 4 is 16.0 Å². The van der Waals surface area contributed by atoms with Crippen LogP contribution in [0.2, 0.25) is 0 Å². The van der Waals surface area contributed by atoms with Crippen molar-refractivity contribution in [3.05, 3.63) is 78.9 Å². The van der Waals surface area contributed by atoms with E-state index in [0.29, 0.717) is 12.3 Å². The minimum absolute atomic E-state index is 0.0206. The predicted octanol–water partition coefficient (Wildman–Crippen LogP) is 3.83. The maximum absolute atomic E-state index is 12.7. The van der Waals surface area contributed by atoms with Crippen LogP contribution in [0.1, 0.15) is 6.42 Å². The highest BCUT2D eigenvalue weighted by Crippen LogP contribution is 2.26. The van der Waals surface area contributed by atoms with Crippen molar-refractivity contribution in [1.82, 2.24) is 9.62 Å². The Hall–Kier alpha value is -3.64. The van der Waals surface area contributed by atoms with E-state index in [1.807, 2.05) is 73.6 Å². The molecule has 34 heavy (non-hydrogen) atoms. The fourth-order valence-corrected chi connectivity index (χ4v) is 4.18. The quantitative estimate of drug-likeness (QED) is 0.454. The fourth-order valence-electron chi connectivity index (χ4n) is 2.99. The van der Waals surface area contributed by atoms with Gasteiger partial charge in [-0.25, -0.2) is 8.42 Å². The smallest absolute Gasteiger partial charge is 0.322 e. The van der Waals surface area contributed by atoms with E-state index in [1.165, 1.54) is 12.1 Å². The van der Waals surface area contributed by atoms with Crippen LogP contribution in [0.3, 0.4) is 0 Å². The van der Waals surface area contributed by atoms with E-state index in [1.54, 1.807) is 12.1 Å². The SMILES string of the molecule is CN(C)CC#CCC(NS(=O)(=O)c1ccc(-c2ccc(Oc3ccccc3)cc2)cc1)C(=O)O. The molecule has 3 aromatic carbocycles. The molecule has 0 saturated carbocycles. The lowest BCUT2D eigenvalue weighted by Crippen LogP contribution is -2.40. The number of nitrogens with zero attached hydrogens (tertiary/aromatic N) is 1. The van der Waals surface area contributed by atoms with E-state index < -0.39 is 22.0 Å². The van der Waals surface area contributed by atoms with Gasteiger partial charge in [-0.15, -0.1) is 0 Å². The predicted molar refractivity (Wildman–Crippen MR) is 131 cm³/mol. The summed E-state index contributed by atoms with van der Waals surface area (Å²) in [4.78, 5) is 13.3. The summed E-state index contributed by atoms with van der Waals surface area (Å²) in [5, 5.41) is 9.38. The first kappa shape index (κ1) is 25.0. The molecule has 176 valence electrons. The van der Waals surface area contributed by atoms with Gasteiger partial charge in [0.25, 0.3) is 0 Å². The van der Waals surface area contributed by atoms with Crippen molar-refractivity contribution in [2.75, 3.05) is 20.6 Å². The number of para-hydroxylation sites is 1. The minimum atomic E-state index is -4.03. The number of ether oxygens (including phenoxy) is 1. The van der Waals surface area contributed by atoms with Gasteiger partial charge in [0.2, 0.25) is 10.0 Å². The second-order valence-corrected chi connectivity index (χ2v) is 9.49. The number of sulfonamides is 1. The van der Waals surface area contributed by atoms with Crippen LogP contribution in [0, 0.1) is 11.8 Å². The number of benzene rings is 3. The summed E-state index contributed by atoms with van der Waals surface area (Å²) in [6.07, 6.45) is -0.127. The summed E-state index contributed by atoms with van der Waals surface area (Å²) < 4.78 is 33.4. The average Bonchev–Trinajstić information content (AvgIpc) is 2.82. The first-order valence-electron chi connectivity index (χ1n) is 10.5. The molecule has 3 rings (SSSR count). The Morgan fingerprint density at radius 2 is 1.47 bits per heavy atom. The van der Waals surface area contributed by atoms with Gasteiger partial charge < -0.3 is 9.84 Å². The number of aliphatic carboxylic acids is 1. The van der Waals surface area contributed by atoms with Crippen LogP contribution >= 0.6 is 0 Å². The third kappa shape index (κ3) is 7.18. The molecule has 0 heterocycles. The van der Waals surface area contributed by atoms with Crippen LogP contribution in [0.25, 0.3) is 11.1 Å². The van der Waals surface area contributed by atoms with E-state index >= 15 is 0 Å². The highest BCUT2D eigenvalue weighted by molar-refractivity contribution is 7.89. The van der Waals surface area contributed by atoms with Gasteiger partial charge in [0, 0.05) is 6.42 Å². The van der Waals surface area contributed by atoms with Gasteiger partial charge in [0.05, 0.1) is 11.4 Å². The van der Waals surface area contributed by atoms with Gasteiger partial charge in [-0.05, 0) is 61.6 Å². The molecule has 0 aliphatic heterocycles. The summed E-state index contributed by atoms with van der Waals surface area (Å²) in [5.74, 6) is 5.66. The summed E-state index contributed by atoms with van der Waals surface area (Å²) >= 11 is 0. The molecule has 0 fully saturated rings. The maximum atomic E-state index is 12.7. The van der Waals surface area contributed by atoms with Gasteiger partial charge >= 0.3 is 5.97 Å². The summed E-state index contributed by atoms with van der Waals surface area (Å²) in [7, 11) is -0.355. The van der Waals surface area contributed by atoms with Crippen LogP contribution in [0.5, 0.6) is 11.5 Å². The Bertz CT molecular complexity index is 1260. The molecule has 0 saturated heterocycles. The molecule has 7 nitrogen and oxygen atoms in total. The number of carbonyl (C=O) groups is 1. The third-order valence-corrected chi connectivity index (χ3v) is 6.24. The van der Waals surface area contributed by atoms with E-state index in [0.717, 1.165) is 16.9 Å². The molecule has 0 aliphatic rings. The van der Waals surface area contributed by atoms with Gasteiger partial charge in [-0.3, -0.25) is 9.69 Å². The van der Waals surface area contributed by atoms with E-state index in [4.69, 9.17) is 4.74 Å². The van der Waals surface area contributed by atoms with Crippen molar-refractivity contribution in [1.29, 1.82) is 0 Å². The number of hydrogen-bond acceptors (Lipinski definition) is 5. The van der Waals surface area contributed by atoms with Crippen molar-refractivity contribution < 1.29 is 23.1 Å². The highest BCUT2D eigenvalue weighted by atomic mass is 32.2. The number of hydrogen-bond donors (Lipinski definition) is 2. The summed E-state index contributed by atoms with van der Waals surface area (Å²) in [6, 6.07) is 21.8. The molecule has 0 radical (unpaired) electrons. The Morgan fingerprint density at radius 1 is 0.912 bits per heavy atom. The zero-order valence-electron chi connectivity index (χ0n) is 18.9.